The summed E-state index contributed by atoms with van der Waals surface area (Å²) in [7, 11) is 0. The van der Waals surface area contributed by atoms with Gasteiger partial charge in [0.15, 0.2) is 0 Å². The zero-order valence-corrected chi connectivity index (χ0v) is 12.2. The third-order valence-corrected chi connectivity index (χ3v) is 4.05. The van der Waals surface area contributed by atoms with Gasteiger partial charge in [-0.2, -0.15) is 0 Å². The van der Waals surface area contributed by atoms with Crippen molar-refractivity contribution in [3.8, 4) is 0 Å². The van der Waals surface area contributed by atoms with E-state index in [-0.39, 0.29) is 0 Å². The van der Waals surface area contributed by atoms with Gasteiger partial charge in [-0.1, -0.05) is 42.5 Å². The van der Waals surface area contributed by atoms with E-state index in [1.807, 2.05) is 18.5 Å². The lowest BCUT2D eigenvalue weighted by Crippen LogP contribution is -2.12. The number of aromatic nitrogens is 2. The molecule has 2 N–H and O–H groups in total. The highest BCUT2D eigenvalue weighted by Gasteiger charge is 2.04. The Labute approximate surface area is 129 Å². The first kappa shape index (κ1) is 13.0. The van der Waals surface area contributed by atoms with Crippen molar-refractivity contribution in [1.82, 2.24) is 15.3 Å². The lowest BCUT2D eigenvalue weighted by molar-refractivity contribution is 0.700. The van der Waals surface area contributed by atoms with Crippen molar-refractivity contribution >= 4 is 21.8 Å². The van der Waals surface area contributed by atoms with Gasteiger partial charge >= 0.3 is 0 Å². The molecule has 2 aromatic carbocycles. The Morgan fingerprint density at radius 2 is 1.64 bits per heavy atom. The Morgan fingerprint density at radius 1 is 0.818 bits per heavy atom. The molecule has 0 aliphatic heterocycles. The van der Waals surface area contributed by atoms with Crippen molar-refractivity contribution in [2.75, 3.05) is 0 Å². The molecule has 0 atom stereocenters. The first-order valence-corrected chi connectivity index (χ1v) is 7.50. The van der Waals surface area contributed by atoms with Crippen LogP contribution in [0.1, 0.15) is 11.1 Å². The zero-order valence-electron chi connectivity index (χ0n) is 12.2. The molecule has 0 unspecified atom stereocenters. The summed E-state index contributed by atoms with van der Waals surface area (Å²) >= 11 is 0. The summed E-state index contributed by atoms with van der Waals surface area (Å²) in [6, 6.07) is 19.1. The first-order valence-electron chi connectivity index (χ1n) is 7.50. The van der Waals surface area contributed by atoms with Gasteiger partial charge in [-0.05, 0) is 34.0 Å². The van der Waals surface area contributed by atoms with Crippen LogP contribution in [-0.2, 0) is 13.1 Å². The molecule has 3 heteroatoms. The Balaban J connectivity index is 1.53. The molecule has 0 amide bonds. The van der Waals surface area contributed by atoms with Crippen molar-refractivity contribution < 1.29 is 0 Å². The predicted octanol–water partition coefficient (Wildman–Crippen LogP) is 4.01. The number of pyridine rings is 1. The molecule has 108 valence electrons. The molecule has 0 aliphatic rings. The quantitative estimate of drug-likeness (QED) is 0.595. The molecule has 0 spiro atoms. The van der Waals surface area contributed by atoms with Gasteiger partial charge in [-0.15, -0.1) is 0 Å². The maximum atomic E-state index is 4.33. The normalized spacial score (nSPS) is 11.3. The van der Waals surface area contributed by atoms with E-state index < -0.39 is 0 Å². The minimum Gasteiger partial charge on any atom is -0.346 e. The van der Waals surface area contributed by atoms with Crippen LogP contribution in [0.2, 0.25) is 0 Å². The van der Waals surface area contributed by atoms with Gasteiger partial charge in [-0.3, -0.25) is 0 Å². The van der Waals surface area contributed by atoms with Gasteiger partial charge in [0.05, 0.1) is 0 Å². The minimum atomic E-state index is 0.828. The molecule has 4 rings (SSSR count). The van der Waals surface area contributed by atoms with Crippen molar-refractivity contribution in [3.63, 3.8) is 0 Å². The first-order chi connectivity index (χ1) is 10.9. The average molecular weight is 287 g/mol. The molecule has 0 aliphatic carbocycles. The predicted molar refractivity (Wildman–Crippen MR) is 90.6 cm³/mol. The number of nitrogens with one attached hydrogen (secondary N) is 2. The smallest absolute Gasteiger partial charge is 0.137 e. The standard InChI is InChI=1S/C19H17N3/c1-2-8-17-14(5-1)6-3-7-15(17)11-20-12-16-13-22-19-18(16)9-4-10-21-19/h1-10,13,20H,11-12H2,(H,21,22). The number of fused-ring (bicyclic) bond motifs is 2. The monoisotopic (exact) mass is 287 g/mol. The van der Waals surface area contributed by atoms with E-state index in [2.05, 4.69) is 63.8 Å². The van der Waals surface area contributed by atoms with Gasteiger partial charge in [0.1, 0.15) is 5.65 Å². The third-order valence-electron chi connectivity index (χ3n) is 4.05. The average Bonchev–Trinajstić information content (AvgIpc) is 2.99. The van der Waals surface area contributed by atoms with Crippen LogP contribution in [0.4, 0.5) is 0 Å². The molecule has 0 fully saturated rings. The number of hydrogen-bond acceptors (Lipinski definition) is 2. The van der Waals surface area contributed by atoms with Crippen LogP contribution in [0.5, 0.6) is 0 Å². The fourth-order valence-corrected chi connectivity index (χ4v) is 2.94. The second-order valence-corrected chi connectivity index (χ2v) is 5.46. The highest BCUT2D eigenvalue weighted by molar-refractivity contribution is 5.85. The van der Waals surface area contributed by atoms with Crippen LogP contribution in [0.3, 0.4) is 0 Å². The van der Waals surface area contributed by atoms with Gasteiger partial charge in [0, 0.05) is 30.9 Å². The van der Waals surface area contributed by atoms with Crippen molar-refractivity contribution in [3.05, 3.63) is 78.1 Å². The van der Waals surface area contributed by atoms with Gasteiger partial charge in [0.25, 0.3) is 0 Å². The van der Waals surface area contributed by atoms with E-state index in [1.165, 1.54) is 27.3 Å². The number of aromatic amines is 1. The number of hydrogen-bond donors (Lipinski definition) is 2. The minimum absolute atomic E-state index is 0.828. The lowest BCUT2D eigenvalue weighted by atomic mass is 10.0. The van der Waals surface area contributed by atoms with Gasteiger partial charge in [-0.25, -0.2) is 4.98 Å². The maximum absolute atomic E-state index is 4.33. The summed E-state index contributed by atoms with van der Waals surface area (Å²) in [5.41, 5.74) is 3.53. The largest absolute Gasteiger partial charge is 0.346 e. The summed E-state index contributed by atoms with van der Waals surface area (Å²) in [5.74, 6) is 0. The Morgan fingerprint density at radius 3 is 2.64 bits per heavy atom. The molecular weight excluding hydrogens is 270 g/mol. The molecule has 0 radical (unpaired) electrons. The van der Waals surface area contributed by atoms with Crippen LogP contribution in [0.25, 0.3) is 21.8 Å². The zero-order chi connectivity index (χ0) is 14.8. The topological polar surface area (TPSA) is 40.7 Å². The van der Waals surface area contributed by atoms with Gasteiger partial charge < -0.3 is 10.3 Å². The second kappa shape index (κ2) is 5.62. The SMILES string of the molecule is c1ccc2c(CNCc3c[nH]c4ncccc34)cccc2c1. The van der Waals surface area contributed by atoms with Crippen LogP contribution < -0.4 is 5.32 Å². The number of H-pyrrole nitrogens is 1. The second-order valence-electron chi connectivity index (χ2n) is 5.46. The summed E-state index contributed by atoms with van der Waals surface area (Å²) in [6.45, 7) is 1.68. The van der Waals surface area contributed by atoms with Crippen LogP contribution >= 0.6 is 0 Å². The molecular formula is C19H17N3. The van der Waals surface area contributed by atoms with E-state index in [9.17, 15) is 0 Å². The summed E-state index contributed by atoms with van der Waals surface area (Å²) < 4.78 is 0. The number of benzene rings is 2. The van der Waals surface area contributed by atoms with E-state index in [0.29, 0.717) is 0 Å². The molecule has 2 aromatic heterocycles. The Bertz CT molecular complexity index is 919. The van der Waals surface area contributed by atoms with Crippen LogP contribution in [0, 0.1) is 0 Å². The van der Waals surface area contributed by atoms with Crippen LogP contribution in [0.15, 0.2) is 67.0 Å². The highest BCUT2D eigenvalue weighted by Crippen LogP contribution is 2.19. The summed E-state index contributed by atoms with van der Waals surface area (Å²) in [6.07, 6.45) is 3.85. The number of nitrogens with zero attached hydrogens (tertiary/aromatic N) is 1. The molecule has 2 heterocycles. The molecule has 0 saturated carbocycles. The van der Waals surface area contributed by atoms with Gasteiger partial charge in [0.2, 0.25) is 0 Å². The van der Waals surface area contributed by atoms with Crippen molar-refractivity contribution in [2.45, 2.75) is 13.1 Å². The maximum Gasteiger partial charge on any atom is 0.137 e. The Kier molecular flexibility index (Phi) is 3.33. The Hall–Kier alpha value is -2.65. The fraction of sp³-hybridized carbons (Fsp3) is 0.105. The summed E-state index contributed by atoms with van der Waals surface area (Å²) in [5, 5.41) is 7.34. The molecule has 0 saturated heterocycles. The molecule has 3 nitrogen and oxygen atoms in total. The van der Waals surface area contributed by atoms with E-state index >= 15 is 0 Å². The highest BCUT2D eigenvalue weighted by atomic mass is 14.9. The van der Waals surface area contributed by atoms with E-state index in [0.717, 1.165) is 18.7 Å². The van der Waals surface area contributed by atoms with E-state index in [4.69, 9.17) is 0 Å². The molecule has 0 bridgehead atoms. The lowest BCUT2D eigenvalue weighted by Gasteiger charge is -2.08. The molecule has 4 aromatic rings. The van der Waals surface area contributed by atoms with Crippen molar-refractivity contribution in [2.24, 2.45) is 0 Å². The molecule has 22 heavy (non-hydrogen) atoms. The number of rotatable bonds is 4. The fourth-order valence-electron chi connectivity index (χ4n) is 2.94. The van der Waals surface area contributed by atoms with Crippen LogP contribution in [-0.4, -0.2) is 9.97 Å². The van der Waals surface area contributed by atoms with Crippen molar-refractivity contribution in [1.29, 1.82) is 0 Å². The van der Waals surface area contributed by atoms with E-state index in [1.54, 1.807) is 0 Å². The third kappa shape index (κ3) is 2.36. The summed E-state index contributed by atoms with van der Waals surface area (Å²) in [4.78, 5) is 7.54.